The van der Waals surface area contributed by atoms with Gasteiger partial charge in [0.2, 0.25) is 11.9 Å². The maximum atomic E-state index is 10.6. The molecule has 1 heterocycles. The fourth-order valence-corrected chi connectivity index (χ4v) is 1.20. The number of aromatic amines is 1. The molecule has 0 amide bonds. The topological polar surface area (TPSA) is 111 Å². The predicted molar refractivity (Wildman–Crippen MR) is 63.2 cm³/mol. The van der Waals surface area contributed by atoms with Crippen LogP contribution >= 0.6 is 11.8 Å². The minimum atomic E-state index is 0.178. The Labute approximate surface area is 93.2 Å². The number of nitrogens with one attached hydrogen (secondary N) is 1. The van der Waals surface area contributed by atoms with Crippen LogP contribution < -0.4 is 11.5 Å². The Morgan fingerprint density at radius 2 is 2.13 bits per heavy atom. The average molecular weight is 231 g/mol. The van der Waals surface area contributed by atoms with E-state index in [1.165, 1.54) is 11.8 Å². The lowest BCUT2D eigenvalue weighted by Crippen LogP contribution is -1.95. The summed E-state index contributed by atoms with van der Waals surface area (Å²) in [6.07, 6.45) is 2.53. The summed E-state index contributed by atoms with van der Waals surface area (Å²) in [6.45, 7) is 4.10. The number of thioether (sulfide) groups is 1. The van der Waals surface area contributed by atoms with Gasteiger partial charge in [-0.25, -0.2) is 5.10 Å². The predicted octanol–water partition coefficient (Wildman–Crippen LogP) is 0.891. The standard InChI is InChI=1S/C6H12OS.C2H5N5/c1-5(2)4-6(7)8-3;3-1-5-2(4)7-6-1/h5H,4H2,1-3H3;(H5,3,4,5,6,7). The molecule has 0 aliphatic carbocycles. The number of carbonyl (C=O) groups excluding carboxylic acids is 1. The first-order valence-electron chi connectivity index (χ1n) is 4.45. The number of hydrogen-bond donors (Lipinski definition) is 3. The molecular weight excluding hydrogens is 214 g/mol. The number of nitrogens with zero attached hydrogens (tertiary/aromatic N) is 2. The van der Waals surface area contributed by atoms with Crippen molar-refractivity contribution in [3.63, 3.8) is 0 Å². The van der Waals surface area contributed by atoms with Gasteiger partial charge >= 0.3 is 0 Å². The maximum absolute atomic E-state index is 10.6. The molecule has 1 aromatic heterocycles. The van der Waals surface area contributed by atoms with Crippen LogP contribution in [0.25, 0.3) is 0 Å². The third kappa shape index (κ3) is 7.80. The van der Waals surface area contributed by atoms with Gasteiger partial charge in [0, 0.05) is 6.42 Å². The van der Waals surface area contributed by atoms with Crippen LogP contribution in [0.3, 0.4) is 0 Å². The molecule has 0 aromatic carbocycles. The zero-order valence-corrected chi connectivity index (χ0v) is 9.97. The molecule has 86 valence electrons. The lowest BCUT2D eigenvalue weighted by Gasteiger charge is -1.98. The largest absolute Gasteiger partial charge is 0.368 e. The Morgan fingerprint density at radius 3 is 2.27 bits per heavy atom. The summed E-state index contributed by atoms with van der Waals surface area (Å²) in [4.78, 5) is 14.1. The van der Waals surface area contributed by atoms with Crippen molar-refractivity contribution < 1.29 is 4.79 Å². The Kier molecular flexibility index (Phi) is 6.52. The summed E-state index contributed by atoms with van der Waals surface area (Å²) in [6, 6.07) is 0. The number of nitrogens with two attached hydrogens (primary N) is 2. The molecule has 5 N–H and O–H groups in total. The summed E-state index contributed by atoms with van der Waals surface area (Å²) >= 11 is 1.31. The highest BCUT2D eigenvalue weighted by molar-refractivity contribution is 8.13. The minimum Gasteiger partial charge on any atom is -0.368 e. The van der Waals surface area contributed by atoms with Gasteiger partial charge in [0.15, 0.2) is 5.12 Å². The van der Waals surface area contributed by atoms with E-state index in [2.05, 4.69) is 15.2 Å². The minimum absolute atomic E-state index is 0.178. The van der Waals surface area contributed by atoms with Crippen molar-refractivity contribution in [2.24, 2.45) is 5.92 Å². The van der Waals surface area contributed by atoms with E-state index in [1.54, 1.807) is 0 Å². The zero-order chi connectivity index (χ0) is 11.8. The second-order valence-corrected chi connectivity index (χ2v) is 4.12. The maximum Gasteiger partial charge on any atom is 0.241 e. The summed E-state index contributed by atoms with van der Waals surface area (Å²) < 4.78 is 0. The van der Waals surface area contributed by atoms with Crippen LogP contribution in [0, 0.1) is 5.92 Å². The summed E-state index contributed by atoms with van der Waals surface area (Å²) in [5, 5.41) is 6.08. The SMILES string of the molecule is CSC(=O)CC(C)C.Nc1n[nH]c(N)n1. The molecule has 1 aromatic rings. The highest BCUT2D eigenvalue weighted by Gasteiger charge is 2.00. The van der Waals surface area contributed by atoms with Crippen LogP contribution in [0.2, 0.25) is 0 Å². The van der Waals surface area contributed by atoms with Gasteiger partial charge in [0.1, 0.15) is 0 Å². The normalized spacial score (nSPS) is 9.60. The molecule has 0 unspecified atom stereocenters. The molecule has 0 atom stereocenters. The highest BCUT2D eigenvalue weighted by atomic mass is 32.2. The lowest BCUT2D eigenvalue weighted by atomic mass is 10.2. The van der Waals surface area contributed by atoms with Crippen molar-refractivity contribution >= 4 is 28.8 Å². The van der Waals surface area contributed by atoms with Gasteiger partial charge < -0.3 is 11.5 Å². The molecule has 0 fully saturated rings. The van der Waals surface area contributed by atoms with Crippen molar-refractivity contribution in [3.8, 4) is 0 Å². The van der Waals surface area contributed by atoms with E-state index in [0.29, 0.717) is 17.5 Å². The number of aromatic nitrogens is 3. The molecule has 0 saturated carbocycles. The summed E-state index contributed by atoms with van der Waals surface area (Å²) in [5.41, 5.74) is 10.1. The quantitative estimate of drug-likeness (QED) is 0.697. The lowest BCUT2D eigenvalue weighted by molar-refractivity contribution is -0.111. The summed E-state index contributed by atoms with van der Waals surface area (Å²) in [5.74, 6) is 0.935. The van der Waals surface area contributed by atoms with E-state index < -0.39 is 0 Å². The second kappa shape index (κ2) is 7.10. The van der Waals surface area contributed by atoms with E-state index in [1.807, 2.05) is 20.1 Å². The number of anilines is 2. The van der Waals surface area contributed by atoms with Gasteiger partial charge in [0.05, 0.1) is 0 Å². The van der Waals surface area contributed by atoms with Crippen molar-refractivity contribution in [3.05, 3.63) is 0 Å². The van der Waals surface area contributed by atoms with Crippen molar-refractivity contribution in [2.45, 2.75) is 20.3 Å². The second-order valence-electron chi connectivity index (χ2n) is 3.25. The Morgan fingerprint density at radius 1 is 1.53 bits per heavy atom. The van der Waals surface area contributed by atoms with E-state index in [0.717, 1.165) is 0 Å². The molecule has 0 aliphatic rings. The number of H-pyrrole nitrogens is 1. The van der Waals surface area contributed by atoms with Gasteiger partial charge in [-0.05, 0) is 12.2 Å². The molecular formula is C8H17N5OS. The first-order chi connectivity index (χ1) is 6.95. The van der Waals surface area contributed by atoms with Crippen LogP contribution in [0.15, 0.2) is 0 Å². The van der Waals surface area contributed by atoms with E-state index in [4.69, 9.17) is 11.5 Å². The van der Waals surface area contributed by atoms with Crippen LogP contribution in [-0.2, 0) is 4.79 Å². The molecule has 15 heavy (non-hydrogen) atoms. The number of rotatable bonds is 2. The monoisotopic (exact) mass is 231 g/mol. The van der Waals surface area contributed by atoms with Crippen LogP contribution in [-0.4, -0.2) is 26.6 Å². The Balaban J connectivity index is 0.000000262. The average Bonchev–Trinajstić information content (AvgIpc) is 2.49. The van der Waals surface area contributed by atoms with Crippen molar-refractivity contribution in [1.29, 1.82) is 0 Å². The van der Waals surface area contributed by atoms with Crippen LogP contribution in [0.5, 0.6) is 0 Å². The zero-order valence-electron chi connectivity index (χ0n) is 9.15. The first kappa shape index (κ1) is 13.8. The number of carbonyl (C=O) groups is 1. The fraction of sp³-hybridized carbons (Fsp3) is 0.625. The third-order valence-corrected chi connectivity index (χ3v) is 1.94. The van der Waals surface area contributed by atoms with Gasteiger partial charge in [-0.15, -0.1) is 5.10 Å². The van der Waals surface area contributed by atoms with Gasteiger partial charge in [-0.3, -0.25) is 4.79 Å². The fourth-order valence-electron chi connectivity index (χ4n) is 0.705. The van der Waals surface area contributed by atoms with E-state index >= 15 is 0 Å². The van der Waals surface area contributed by atoms with Gasteiger partial charge in [-0.1, -0.05) is 25.6 Å². The van der Waals surface area contributed by atoms with Gasteiger partial charge in [-0.2, -0.15) is 4.98 Å². The smallest absolute Gasteiger partial charge is 0.241 e. The third-order valence-electron chi connectivity index (χ3n) is 1.32. The summed E-state index contributed by atoms with van der Waals surface area (Å²) in [7, 11) is 0. The Bertz CT molecular complexity index is 282. The number of hydrogen-bond acceptors (Lipinski definition) is 6. The molecule has 6 nitrogen and oxygen atoms in total. The van der Waals surface area contributed by atoms with Crippen molar-refractivity contribution in [2.75, 3.05) is 17.7 Å². The van der Waals surface area contributed by atoms with E-state index in [9.17, 15) is 4.79 Å². The molecule has 7 heteroatoms. The molecule has 1 rings (SSSR count). The van der Waals surface area contributed by atoms with E-state index in [-0.39, 0.29) is 11.9 Å². The molecule has 0 bridgehead atoms. The molecule has 0 aliphatic heterocycles. The van der Waals surface area contributed by atoms with Crippen LogP contribution in [0.4, 0.5) is 11.9 Å². The molecule has 0 saturated heterocycles. The van der Waals surface area contributed by atoms with Gasteiger partial charge in [0.25, 0.3) is 0 Å². The van der Waals surface area contributed by atoms with Crippen LogP contribution in [0.1, 0.15) is 20.3 Å². The molecule has 0 radical (unpaired) electrons. The molecule has 0 spiro atoms. The van der Waals surface area contributed by atoms with Crippen molar-refractivity contribution in [1.82, 2.24) is 15.2 Å². The Hall–Kier alpha value is -1.24. The first-order valence-corrected chi connectivity index (χ1v) is 5.68. The highest BCUT2D eigenvalue weighted by Crippen LogP contribution is 2.06. The number of nitrogen functional groups attached to an aromatic ring is 2.